The number of piperidine rings is 1. The number of carbonyl (C=O) groups is 2. The maximum Gasteiger partial charge on any atom is 0.260 e. The second kappa shape index (κ2) is 9.43. The SMILES string of the molecule is COc1cc(C(=O)N2CCC3(CC2)CCN(C(=O)C2(C)OCc4ccccc4-n4cccc42)C3)cc(Cl)n1. The number of fused-ring (bicyclic) bond motifs is 3. The monoisotopic (exact) mass is 534 g/mol. The molecule has 0 bridgehead atoms. The van der Waals surface area contributed by atoms with Crippen LogP contribution in [0.15, 0.2) is 54.7 Å². The van der Waals surface area contributed by atoms with Crippen molar-refractivity contribution in [3.8, 4) is 11.6 Å². The summed E-state index contributed by atoms with van der Waals surface area (Å²) in [5, 5.41) is 0.231. The van der Waals surface area contributed by atoms with Crippen LogP contribution in [0.25, 0.3) is 5.69 Å². The molecule has 1 unspecified atom stereocenters. The summed E-state index contributed by atoms with van der Waals surface area (Å²) < 4.78 is 13.6. The van der Waals surface area contributed by atoms with Crippen molar-refractivity contribution in [1.29, 1.82) is 0 Å². The molecule has 1 atom stereocenters. The van der Waals surface area contributed by atoms with E-state index in [2.05, 4.69) is 15.6 Å². The minimum absolute atomic E-state index is 0.000778. The lowest BCUT2D eigenvalue weighted by Gasteiger charge is -2.40. The van der Waals surface area contributed by atoms with Crippen LogP contribution >= 0.6 is 11.6 Å². The number of pyridine rings is 1. The van der Waals surface area contributed by atoms with Gasteiger partial charge in [0.15, 0.2) is 5.60 Å². The number of amides is 2. The van der Waals surface area contributed by atoms with E-state index in [1.54, 1.807) is 12.1 Å². The molecule has 2 amide bonds. The number of carbonyl (C=O) groups excluding carboxylic acids is 2. The lowest BCUT2D eigenvalue weighted by Crippen LogP contribution is -2.48. The molecule has 1 spiro atoms. The van der Waals surface area contributed by atoms with Crippen molar-refractivity contribution in [2.45, 2.75) is 38.4 Å². The van der Waals surface area contributed by atoms with Gasteiger partial charge in [0.1, 0.15) is 5.15 Å². The largest absolute Gasteiger partial charge is 0.481 e. The molecule has 3 aliphatic heterocycles. The highest BCUT2D eigenvalue weighted by Crippen LogP contribution is 2.43. The molecule has 6 rings (SSSR count). The summed E-state index contributed by atoms with van der Waals surface area (Å²) in [5.41, 5.74) is 2.36. The highest BCUT2D eigenvalue weighted by molar-refractivity contribution is 6.29. The van der Waals surface area contributed by atoms with Crippen LogP contribution in [0.2, 0.25) is 5.15 Å². The summed E-state index contributed by atoms with van der Waals surface area (Å²) in [4.78, 5) is 35.1. The van der Waals surface area contributed by atoms with Crippen molar-refractivity contribution in [2.24, 2.45) is 5.41 Å². The number of hydrogen-bond donors (Lipinski definition) is 0. The third-order valence-electron chi connectivity index (χ3n) is 8.48. The van der Waals surface area contributed by atoms with E-state index in [0.29, 0.717) is 44.2 Å². The van der Waals surface area contributed by atoms with Crippen molar-refractivity contribution in [1.82, 2.24) is 19.4 Å². The molecule has 0 aliphatic carbocycles. The number of rotatable bonds is 3. The van der Waals surface area contributed by atoms with E-state index in [1.807, 2.05) is 53.3 Å². The van der Waals surface area contributed by atoms with E-state index < -0.39 is 5.60 Å². The molecule has 38 heavy (non-hydrogen) atoms. The van der Waals surface area contributed by atoms with Gasteiger partial charge in [-0.05, 0) is 55.9 Å². The van der Waals surface area contributed by atoms with Gasteiger partial charge in [-0.2, -0.15) is 0 Å². The predicted octanol–water partition coefficient (Wildman–Crippen LogP) is 4.43. The van der Waals surface area contributed by atoms with E-state index >= 15 is 0 Å². The van der Waals surface area contributed by atoms with Gasteiger partial charge in [0.25, 0.3) is 11.8 Å². The lowest BCUT2D eigenvalue weighted by atomic mass is 9.77. The van der Waals surface area contributed by atoms with E-state index in [4.69, 9.17) is 21.1 Å². The molecule has 0 radical (unpaired) electrons. The molecule has 3 aromatic rings. The first kappa shape index (κ1) is 24.9. The quantitative estimate of drug-likeness (QED) is 0.464. The number of ether oxygens (including phenoxy) is 2. The average Bonchev–Trinajstić information content (AvgIpc) is 3.57. The summed E-state index contributed by atoms with van der Waals surface area (Å²) >= 11 is 6.08. The standard InChI is InChI=1S/C29H31ClN4O4/c1-28(23-8-5-12-34(23)22-7-4-3-6-20(22)18-38-28)27(36)33-15-11-29(19-33)9-13-32(14-10-29)26(35)21-16-24(30)31-25(17-21)37-2/h3-8,12,16-17H,9-11,13-15,18-19H2,1-2H3. The van der Waals surface area contributed by atoms with Crippen LogP contribution in [0.3, 0.4) is 0 Å². The summed E-state index contributed by atoms with van der Waals surface area (Å²) in [6.45, 7) is 4.91. The fourth-order valence-electron chi connectivity index (χ4n) is 6.20. The van der Waals surface area contributed by atoms with Gasteiger partial charge in [0.2, 0.25) is 5.88 Å². The Kier molecular flexibility index (Phi) is 6.19. The Morgan fingerprint density at radius 3 is 2.53 bits per heavy atom. The van der Waals surface area contributed by atoms with Gasteiger partial charge in [-0.15, -0.1) is 0 Å². The summed E-state index contributed by atoms with van der Waals surface area (Å²) in [7, 11) is 1.50. The maximum atomic E-state index is 14.1. The predicted molar refractivity (Wildman–Crippen MR) is 142 cm³/mol. The van der Waals surface area contributed by atoms with Gasteiger partial charge in [0.05, 0.1) is 25.1 Å². The van der Waals surface area contributed by atoms with Gasteiger partial charge >= 0.3 is 0 Å². The smallest absolute Gasteiger partial charge is 0.260 e. The first-order valence-electron chi connectivity index (χ1n) is 13.0. The van der Waals surface area contributed by atoms with Crippen LogP contribution in [0, 0.1) is 5.41 Å². The average molecular weight is 535 g/mol. The number of nitrogens with zero attached hydrogens (tertiary/aromatic N) is 4. The van der Waals surface area contributed by atoms with Gasteiger partial charge in [-0.1, -0.05) is 29.8 Å². The summed E-state index contributed by atoms with van der Waals surface area (Å²) in [5.74, 6) is 0.245. The topological polar surface area (TPSA) is 76.9 Å². The van der Waals surface area contributed by atoms with Crippen LogP contribution < -0.4 is 4.74 Å². The molecule has 3 aliphatic rings. The normalized spacial score (nSPS) is 22.1. The van der Waals surface area contributed by atoms with Gasteiger partial charge in [0, 0.05) is 49.6 Å². The molecule has 2 fully saturated rings. The third kappa shape index (κ3) is 4.16. The van der Waals surface area contributed by atoms with Crippen molar-refractivity contribution in [3.63, 3.8) is 0 Å². The molecular weight excluding hydrogens is 504 g/mol. The van der Waals surface area contributed by atoms with Crippen LogP contribution in [-0.2, 0) is 21.7 Å². The summed E-state index contributed by atoms with van der Waals surface area (Å²) in [6, 6.07) is 15.3. The van der Waals surface area contributed by atoms with E-state index in [1.165, 1.54) is 7.11 Å². The van der Waals surface area contributed by atoms with Gasteiger partial charge in [-0.25, -0.2) is 4.98 Å². The van der Waals surface area contributed by atoms with Crippen molar-refractivity contribution < 1.29 is 19.1 Å². The van der Waals surface area contributed by atoms with E-state index in [-0.39, 0.29) is 22.4 Å². The molecule has 1 aromatic carbocycles. The van der Waals surface area contributed by atoms with E-state index in [0.717, 1.165) is 36.2 Å². The second-order valence-electron chi connectivity index (χ2n) is 10.7. The Morgan fingerprint density at radius 2 is 1.76 bits per heavy atom. The zero-order valence-corrected chi connectivity index (χ0v) is 22.4. The third-order valence-corrected chi connectivity index (χ3v) is 8.67. The van der Waals surface area contributed by atoms with Crippen LogP contribution in [0.4, 0.5) is 0 Å². The molecule has 8 nitrogen and oxygen atoms in total. The number of benzene rings is 1. The van der Waals surface area contributed by atoms with Crippen LogP contribution in [0.1, 0.15) is 47.8 Å². The van der Waals surface area contributed by atoms with Crippen molar-refractivity contribution in [2.75, 3.05) is 33.3 Å². The Bertz CT molecular complexity index is 1400. The van der Waals surface area contributed by atoms with Crippen molar-refractivity contribution >= 4 is 23.4 Å². The zero-order valence-electron chi connectivity index (χ0n) is 21.7. The summed E-state index contributed by atoms with van der Waals surface area (Å²) in [6.07, 6.45) is 4.61. The molecule has 198 valence electrons. The number of hydrogen-bond acceptors (Lipinski definition) is 5. The van der Waals surface area contributed by atoms with Crippen molar-refractivity contribution in [3.05, 3.63) is 76.7 Å². The van der Waals surface area contributed by atoms with Crippen LogP contribution in [-0.4, -0.2) is 64.5 Å². The second-order valence-corrected chi connectivity index (χ2v) is 11.1. The number of aromatic nitrogens is 2. The number of para-hydroxylation sites is 1. The minimum Gasteiger partial charge on any atom is -0.481 e. The van der Waals surface area contributed by atoms with Gasteiger partial charge < -0.3 is 23.8 Å². The molecule has 2 aromatic heterocycles. The molecule has 9 heteroatoms. The van der Waals surface area contributed by atoms with Gasteiger partial charge in [-0.3, -0.25) is 9.59 Å². The highest BCUT2D eigenvalue weighted by atomic mass is 35.5. The molecule has 0 N–H and O–H groups in total. The Morgan fingerprint density at radius 1 is 1.03 bits per heavy atom. The maximum absolute atomic E-state index is 14.1. The lowest BCUT2D eigenvalue weighted by molar-refractivity contribution is -0.159. The first-order valence-corrected chi connectivity index (χ1v) is 13.4. The minimum atomic E-state index is -1.08. The molecule has 0 saturated carbocycles. The number of likely N-dealkylation sites (tertiary alicyclic amines) is 2. The van der Waals surface area contributed by atoms with Crippen LogP contribution in [0.5, 0.6) is 5.88 Å². The Balaban J connectivity index is 1.16. The fraction of sp³-hybridized carbons (Fsp3) is 0.414. The Labute approximate surface area is 227 Å². The molecular formula is C29H31ClN4O4. The first-order chi connectivity index (χ1) is 18.3. The Hall–Kier alpha value is -3.36. The number of methoxy groups -OCH3 is 1. The molecule has 5 heterocycles. The molecule has 2 saturated heterocycles. The van der Waals surface area contributed by atoms with E-state index in [9.17, 15) is 9.59 Å². The fourth-order valence-corrected chi connectivity index (χ4v) is 6.40. The number of halogens is 1. The zero-order chi connectivity index (χ0) is 26.5. The highest BCUT2D eigenvalue weighted by Gasteiger charge is 2.49.